The molecule has 1 rings (SSSR count). The predicted octanol–water partition coefficient (Wildman–Crippen LogP) is 2.90. The van der Waals surface area contributed by atoms with E-state index in [0.717, 1.165) is 0 Å². The lowest BCUT2D eigenvalue weighted by Crippen LogP contribution is -2.23. The average Bonchev–Trinajstić information content (AvgIpc) is 2.37. The minimum Gasteiger partial charge on any atom is -0.490 e. The lowest BCUT2D eigenvalue weighted by atomic mass is 10.1. The van der Waals surface area contributed by atoms with Gasteiger partial charge in [-0.1, -0.05) is 11.6 Å². The topological polar surface area (TPSA) is 55.8 Å². The SMILES string of the molecule is COC(=O)c1cc(Cl)c(N(C)C(C)=O)cc1OC(C)C. The molecule has 0 unspecified atom stereocenters. The van der Waals surface area contributed by atoms with E-state index in [2.05, 4.69) is 0 Å². The standard InChI is InChI=1S/C14H18ClNO4/c1-8(2)20-13-7-12(16(4)9(3)17)11(15)6-10(13)14(18)19-5/h6-8H,1-5H3. The summed E-state index contributed by atoms with van der Waals surface area (Å²) in [6.07, 6.45) is -0.130. The first kappa shape index (κ1) is 16.3. The van der Waals surface area contributed by atoms with Crippen LogP contribution in [-0.4, -0.2) is 32.1 Å². The van der Waals surface area contributed by atoms with Crippen LogP contribution in [0.2, 0.25) is 5.02 Å². The van der Waals surface area contributed by atoms with Crippen molar-refractivity contribution in [2.45, 2.75) is 26.9 Å². The molecule has 0 saturated heterocycles. The monoisotopic (exact) mass is 299 g/mol. The van der Waals surface area contributed by atoms with Crippen LogP contribution in [0.15, 0.2) is 12.1 Å². The van der Waals surface area contributed by atoms with Crippen molar-refractivity contribution in [2.75, 3.05) is 19.1 Å². The average molecular weight is 300 g/mol. The van der Waals surface area contributed by atoms with Gasteiger partial charge in [0, 0.05) is 20.0 Å². The number of halogens is 1. The Morgan fingerprint density at radius 1 is 1.30 bits per heavy atom. The molecule has 1 aromatic rings. The Kier molecular flexibility index (Phi) is 5.39. The Labute approximate surface area is 123 Å². The van der Waals surface area contributed by atoms with Crippen molar-refractivity contribution in [1.29, 1.82) is 0 Å². The van der Waals surface area contributed by atoms with Crippen LogP contribution in [-0.2, 0) is 9.53 Å². The number of hydrogen-bond acceptors (Lipinski definition) is 4. The van der Waals surface area contributed by atoms with Gasteiger partial charge in [-0.25, -0.2) is 4.79 Å². The molecule has 0 heterocycles. The summed E-state index contributed by atoms with van der Waals surface area (Å²) in [5.41, 5.74) is 0.703. The van der Waals surface area contributed by atoms with Crippen LogP contribution in [0.1, 0.15) is 31.1 Å². The third-order valence-electron chi connectivity index (χ3n) is 2.65. The second-order valence-electron chi connectivity index (χ2n) is 4.54. The highest BCUT2D eigenvalue weighted by Gasteiger charge is 2.20. The molecule has 20 heavy (non-hydrogen) atoms. The molecule has 0 aliphatic heterocycles. The van der Waals surface area contributed by atoms with Crippen molar-refractivity contribution in [1.82, 2.24) is 0 Å². The van der Waals surface area contributed by atoms with Crippen molar-refractivity contribution in [3.63, 3.8) is 0 Å². The van der Waals surface area contributed by atoms with E-state index in [4.69, 9.17) is 21.1 Å². The lowest BCUT2D eigenvalue weighted by molar-refractivity contribution is -0.116. The first-order chi connectivity index (χ1) is 9.27. The Morgan fingerprint density at radius 3 is 2.35 bits per heavy atom. The number of methoxy groups -OCH3 is 1. The molecule has 0 radical (unpaired) electrons. The van der Waals surface area contributed by atoms with Gasteiger partial charge in [-0.3, -0.25) is 4.79 Å². The Balaban J connectivity index is 3.38. The van der Waals surface area contributed by atoms with E-state index in [1.165, 1.54) is 25.0 Å². The van der Waals surface area contributed by atoms with Gasteiger partial charge >= 0.3 is 5.97 Å². The van der Waals surface area contributed by atoms with Gasteiger partial charge in [-0.2, -0.15) is 0 Å². The summed E-state index contributed by atoms with van der Waals surface area (Å²) in [4.78, 5) is 24.6. The van der Waals surface area contributed by atoms with Gasteiger partial charge in [0.25, 0.3) is 0 Å². The molecule has 0 aliphatic carbocycles. The first-order valence-corrected chi connectivity index (χ1v) is 6.48. The molecular weight excluding hydrogens is 282 g/mol. The van der Waals surface area contributed by atoms with Gasteiger partial charge in [-0.05, 0) is 19.9 Å². The van der Waals surface area contributed by atoms with Crippen molar-refractivity contribution in [3.8, 4) is 5.75 Å². The second kappa shape index (κ2) is 6.61. The molecule has 110 valence electrons. The van der Waals surface area contributed by atoms with Crippen LogP contribution >= 0.6 is 11.6 Å². The number of amides is 1. The lowest BCUT2D eigenvalue weighted by Gasteiger charge is -2.20. The molecule has 1 amide bonds. The summed E-state index contributed by atoms with van der Waals surface area (Å²) in [6, 6.07) is 3.01. The summed E-state index contributed by atoms with van der Waals surface area (Å²) >= 11 is 6.12. The quantitative estimate of drug-likeness (QED) is 0.802. The number of benzene rings is 1. The summed E-state index contributed by atoms with van der Waals surface area (Å²) in [5.74, 6) is -0.382. The molecule has 0 aromatic heterocycles. The number of carbonyl (C=O) groups is 2. The summed E-state index contributed by atoms with van der Waals surface area (Å²) in [5, 5.41) is 0.277. The third kappa shape index (κ3) is 3.63. The second-order valence-corrected chi connectivity index (χ2v) is 4.94. The molecule has 0 spiro atoms. The van der Waals surface area contributed by atoms with Crippen LogP contribution in [0.4, 0.5) is 5.69 Å². The molecule has 1 aromatic carbocycles. The zero-order chi connectivity index (χ0) is 15.4. The van der Waals surface area contributed by atoms with E-state index in [0.29, 0.717) is 11.4 Å². The molecule has 0 saturated carbocycles. The fourth-order valence-electron chi connectivity index (χ4n) is 1.59. The number of rotatable bonds is 4. The number of anilines is 1. The number of nitrogens with zero attached hydrogens (tertiary/aromatic N) is 1. The van der Waals surface area contributed by atoms with Gasteiger partial charge in [0.2, 0.25) is 5.91 Å². The minimum absolute atomic E-state index is 0.130. The van der Waals surface area contributed by atoms with Crippen LogP contribution in [0.5, 0.6) is 5.75 Å². The summed E-state index contributed by atoms with van der Waals surface area (Å²) < 4.78 is 10.3. The van der Waals surface area contributed by atoms with Gasteiger partial charge in [0.05, 0.1) is 23.9 Å². The Hall–Kier alpha value is -1.75. The first-order valence-electron chi connectivity index (χ1n) is 6.10. The van der Waals surface area contributed by atoms with E-state index < -0.39 is 5.97 Å². The molecule has 0 atom stereocenters. The fraction of sp³-hybridized carbons (Fsp3) is 0.429. The molecule has 6 heteroatoms. The minimum atomic E-state index is -0.542. The molecule has 0 fully saturated rings. The van der Waals surface area contributed by atoms with Gasteiger partial charge in [0.15, 0.2) is 0 Å². The molecule has 5 nitrogen and oxygen atoms in total. The molecule has 0 bridgehead atoms. The summed E-state index contributed by atoms with van der Waals surface area (Å²) in [7, 11) is 2.88. The molecular formula is C14H18ClNO4. The predicted molar refractivity (Wildman–Crippen MR) is 77.6 cm³/mol. The van der Waals surface area contributed by atoms with Crippen LogP contribution < -0.4 is 9.64 Å². The Morgan fingerprint density at radius 2 is 1.90 bits per heavy atom. The zero-order valence-electron chi connectivity index (χ0n) is 12.2. The maximum absolute atomic E-state index is 11.7. The highest BCUT2D eigenvalue weighted by molar-refractivity contribution is 6.34. The number of carbonyl (C=O) groups excluding carboxylic acids is 2. The van der Waals surface area contributed by atoms with Crippen molar-refractivity contribution in [2.24, 2.45) is 0 Å². The maximum atomic E-state index is 11.7. The molecule has 0 N–H and O–H groups in total. The van der Waals surface area contributed by atoms with Gasteiger partial charge in [0.1, 0.15) is 11.3 Å². The fourth-order valence-corrected chi connectivity index (χ4v) is 1.88. The van der Waals surface area contributed by atoms with E-state index in [1.807, 2.05) is 13.8 Å². The highest BCUT2D eigenvalue weighted by Crippen LogP contribution is 2.34. The summed E-state index contributed by atoms with van der Waals surface area (Å²) in [6.45, 7) is 5.10. The van der Waals surface area contributed by atoms with Crippen molar-refractivity contribution >= 4 is 29.2 Å². The maximum Gasteiger partial charge on any atom is 0.341 e. The van der Waals surface area contributed by atoms with Crippen LogP contribution in [0.25, 0.3) is 0 Å². The van der Waals surface area contributed by atoms with E-state index in [1.54, 1.807) is 13.1 Å². The highest BCUT2D eigenvalue weighted by atomic mass is 35.5. The largest absolute Gasteiger partial charge is 0.490 e. The molecule has 0 aliphatic rings. The normalized spacial score (nSPS) is 10.3. The zero-order valence-corrected chi connectivity index (χ0v) is 12.9. The number of hydrogen-bond donors (Lipinski definition) is 0. The number of ether oxygens (including phenoxy) is 2. The smallest absolute Gasteiger partial charge is 0.341 e. The van der Waals surface area contributed by atoms with Crippen LogP contribution in [0.3, 0.4) is 0 Å². The van der Waals surface area contributed by atoms with Crippen molar-refractivity contribution in [3.05, 3.63) is 22.7 Å². The van der Waals surface area contributed by atoms with E-state index >= 15 is 0 Å². The van der Waals surface area contributed by atoms with Crippen molar-refractivity contribution < 1.29 is 19.1 Å². The number of esters is 1. The Bertz CT molecular complexity index is 528. The van der Waals surface area contributed by atoms with E-state index in [9.17, 15) is 9.59 Å². The third-order valence-corrected chi connectivity index (χ3v) is 2.95. The van der Waals surface area contributed by atoms with Gasteiger partial charge < -0.3 is 14.4 Å². The van der Waals surface area contributed by atoms with Gasteiger partial charge in [-0.15, -0.1) is 0 Å². The van der Waals surface area contributed by atoms with Crippen LogP contribution in [0, 0.1) is 0 Å². The van der Waals surface area contributed by atoms with E-state index in [-0.39, 0.29) is 22.6 Å².